The number of anilines is 2. The van der Waals surface area contributed by atoms with Gasteiger partial charge in [0.2, 0.25) is 0 Å². The van der Waals surface area contributed by atoms with Crippen molar-refractivity contribution < 1.29 is 22.7 Å². The zero-order chi connectivity index (χ0) is 26.5. The number of nitrogens with zero attached hydrogens (tertiary/aromatic N) is 2. The van der Waals surface area contributed by atoms with E-state index in [1.807, 2.05) is 6.07 Å². The molecule has 0 saturated carbocycles. The summed E-state index contributed by atoms with van der Waals surface area (Å²) in [6, 6.07) is 7.27. The van der Waals surface area contributed by atoms with Crippen LogP contribution in [0.1, 0.15) is 45.7 Å². The molecule has 36 heavy (non-hydrogen) atoms. The van der Waals surface area contributed by atoms with Gasteiger partial charge in [0.1, 0.15) is 11.4 Å². The number of carbonyl (C=O) groups excluding carboxylic acids is 1. The molecule has 1 saturated heterocycles. The summed E-state index contributed by atoms with van der Waals surface area (Å²) in [6.45, 7) is 11.3. The minimum atomic E-state index is -4.60. The predicted molar refractivity (Wildman–Crippen MR) is 138 cm³/mol. The zero-order valence-corrected chi connectivity index (χ0v) is 21.4. The molecule has 3 N–H and O–H groups in total. The van der Waals surface area contributed by atoms with Gasteiger partial charge in [-0.15, -0.1) is 0 Å². The quantitative estimate of drug-likeness (QED) is 0.401. The van der Waals surface area contributed by atoms with Crippen molar-refractivity contribution in [2.75, 3.05) is 43.9 Å². The van der Waals surface area contributed by atoms with Crippen molar-refractivity contribution in [1.82, 2.24) is 15.2 Å². The first kappa shape index (κ1) is 27.6. The molecule has 0 atom stereocenters. The average Bonchev–Trinajstić information content (AvgIpc) is 2.78. The second kappa shape index (κ2) is 11.4. The Labute approximate surface area is 210 Å². The van der Waals surface area contributed by atoms with Crippen molar-refractivity contribution in [1.29, 1.82) is 0 Å². The number of alkyl carbamates (subject to hydrolysis) is 1. The van der Waals surface area contributed by atoms with Crippen LogP contribution in [0.15, 0.2) is 30.8 Å². The van der Waals surface area contributed by atoms with E-state index in [0.29, 0.717) is 36.1 Å². The number of amides is 1. The van der Waals surface area contributed by atoms with Gasteiger partial charge in [-0.1, -0.05) is 18.7 Å². The number of pyridine rings is 1. The van der Waals surface area contributed by atoms with E-state index in [4.69, 9.17) is 4.74 Å². The highest BCUT2D eigenvalue weighted by atomic mass is 19.4. The molecule has 7 nitrogen and oxygen atoms in total. The molecule has 2 aromatic rings. The molecule has 0 bridgehead atoms. The number of ether oxygens (including phenoxy) is 1. The zero-order valence-electron chi connectivity index (χ0n) is 21.4. The monoisotopic (exact) mass is 507 g/mol. The van der Waals surface area contributed by atoms with Gasteiger partial charge in [-0.05, 0) is 72.3 Å². The van der Waals surface area contributed by atoms with Gasteiger partial charge in [0.25, 0.3) is 0 Å². The first-order valence-electron chi connectivity index (χ1n) is 12.2. The van der Waals surface area contributed by atoms with Gasteiger partial charge >= 0.3 is 12.3 Å². The second-order valence-corrected chi connectivity index (χ2v) is 10.2. The summed E-state index contributed by atoms with van der Waals surface area (Å²) in [5.74, 6) is 0.317. The van der Waals surface area contributed by atoms with Crippen LogP contribution in [0.4, 0.5) is 29.5 Å². The maximum Gasteiger partial charge on any atom is 0.417 e. The van der Waals surface area contributed by atoms with Gasteiger partial charge in [0.15, 0.2) is 0 Å². The minimum Gasteiger partial charge on any atom is -0.444 e. The second-order valence-electron chi connectivity index (χ2n) is 10.2. The van der Waals surface area contributed by atoms with Gasteiger partial charge in [-0.25, -0.2) is 9.78 Å². The molecule has 0 unspecified atom stereocenters. The largest absolute Gasteiger partial charge is 0.444 e. The first-order chi connectivity index (χ1) is 16.8. The Balaban J connectivity index is 1.78. The van der Waals surface area contributed by atoms with Crippen molar-refractivity contribution in [2.24, 2.45) is 0 Å². The first-order valence-corrected chi connectivity index (χ1v) is 12.2. The molecule has 3 rings (SSSR count). The molecular weight excluding hydrogens is 471 g/mol. The number of nitrogens with one attached hydrogen (secondary N) is 3. The van der Waals surface area contributed by atoms with Crippen LogP contribution >= 0.6 is 0 Å². The Morgan fingerprint density at radius 1 is 1.17 bits per heavy atom. The average molecular weight is 508 g/mol. The Morgan fingerprint density at radius 3 is 2.50 bits per heavy atom. The fourth-order valence-corrected chi connectivity index (χ4v) is 4.04. The lowest BCUT2D eigenvalue weighted by Gasteiger charge is -2.30. The van der Waals surface area contributed by atoms with Crippen molar-refractivity contribution in [3.05, 3.63) is 36.5 Å². The number of likely N-dealkylation sites (tertiary alicyclic amines) is 1. The minimum absolute atomic E-state index is 0.193. The molecule has 1 amide bonds. The number of halogens is 3. The normalized spacial score (nSPS) is 15.5. The third-order valence-electron chi connectivity index (χ3n) is 5.91. The van der Waals surface area contributed by atoms with E-state index in [9.17, 15) is 18.0 Å². The number of benzene rings is 1. The highest BCUT2D eigenvalue weighted by molar-refractivity contribution is 6.01. The summed E-state index contributed by atoms with van der Waals surface area (Å²) in [6.07, 6.45) is -2.68. The smallest absolute Gasteiger partial charge is 0.417 e. The molecule has 1 aromatic carbocycles. The van der Waals surface area contributed by atoms with Crippen molar-refractivity contribution >= 4 is 33.9 Å². The van der Waals surface area contributed by atoms with Crippen LogP contribution in [0.2, 0.25) is 0 Å². The Hall–Kier alpha value is -3.01. The number of hydrogen-bond acceptors (Lipinski definition) is 6. The SMILES string of the molecule is C=C(c1nc(NCCCNC(=O)OC(C)(C)C)cc2c(NC3CCN(C)CC3)cccc12)C(F)(F)F. The summed E-state index contributed by atoms with van der Waals surface area (Å²) < 4.78 is 46.1. The Bertz CT molecular complexity index is 1070. The number of hydrogen-bond donors (Lipinski definition) is 3. The summed E-state index contributed by atoms with van der Waals surface area (Å²) in [4.78, 5) is 18.3. The number of alkyl halides is 3. The van der Waals surface area contributed by atoms with Crippen molar-refractivity contribution in [3.63, 3.8) is 0 Å². The Morgan fingerprint density at radius 2 is 1.86 bits per heavy atom. The van der Waals surface area contributed by atoms with Crippen LogP contribution in [0, 0.1) is 0 Å². The fourth-order valence-electron chi connectivity index (χ4n) is 4.04. The number of allylic oxidation sites excluding steroid dienone is 1. The van der Waals surface area contributed by atoms with E-state index < -0.39 is 23.4 Å². The standard InChI is InChI=1S/C26H36F3N5O2/c1-17(26(27,28)29)23-19-8-6-9-21(32-18-10-14-34(5)15-11-18)20(19)16-22(33-23)30-12-7-13-31-24(35)36-25(2,3)4/h6,8-9,16,18,32H,1,7,10-15H2,2-5H3,(H,30,33)(H,31,35). The molecule has 2 heterocycles. The van der Waals surface area contributed by atoms with Gasteiger partial charge in [-0.3, -0.25) is 0 Å². The highest BCUT2D eigenvalue weighted by Gasteiger charge is 2.35. The van der Waals surface area contributed by atoms with Crippen molar-refractivity contribution in [2.45, 2.75) is 57.9 Å². The highest BCUT2D eigenvalue weighted by Crippen LogP contribution is 2.38. The number of rotatable bonds is 8. The Kier molecular flexibility index (Phi) is 8.71. The maximum absolute atomic E-state index is 13.6. The van der Waals surface area contributed by atoms with E-state index in [-0.39, 0.29) is 11.7 Å². The van der Waals surface area contributed by atoms with E-state index in [0.717, 1.165) is 31.6 Å². The topological polar surface area (TPSA) is 78.5 Å². The van der Waals surface area contributed by atoms with E-state index in [2.05, 4.69) is 39.5 Å². The van der Waals surface area contributed by atoms with Crippen LogP contribution in [-0.2, 0) is 4.74 Å². The third-order valence-corrected chi connectivity index (χ3v) is 5.91. The number of fused-ring (bicyclic) bond motifs is 1. The van der Waals surface area contributed by atoms with Crippen LogP contribution in [0.5, 0.6) is 0 Å². The molecule has 1 aromatic heterocycles. The van der Waals surface area contributed by atoms with Crippen LogP contribution in [0.25, 0.3) is 16.3 Å². The molecule has 10 heteroatoms. The maximum atomic E-state index is 13.6. The van der Waals surface area contributed by atoms with Crippen LogP contribution < -0.4 is 16.0 Å². The number of carbonyl (C=O) groups is 1. The lowest BCUT2D eigenvalue weighted by molar-refractivity contribution is -0.0688. The molecule has 0 spiro atoms. The van der Waals surface area contributed by atoms with E-state index in [1.54, 1.807) is 39.0 Å². The van der Waals surface area contributed by atoms with Gasteiger partial charge in [-0.2, -0.15) is 13.2 Å². The fraction of sp³-hybridized carbons (Fsp3) is 0.538. The summed E-state index contributed by atoms with van der Waals surface area (Å²) >= 11 is 0. The van der Waals surface area contributed by atoms with Gasteiger partial charge < -0.3 is 25.6 Å². The summed E-state index contributed by atoms with van der Waals surface area (Å²) in [5.41, 5.74) is -0.996. The molecule has 198 valence electrons. The number of aromatic nitrogens is 1. The van der Waals surface area contributed by atoms with Crippen LogP contribution in [0.3, 0.4) is 0 Å². The van der Waals surface area contributed by atoms with Gasteiger partial charge in [0.05, 0.1) is 11.3 Å². The van der Waals surface area contributed by atoms with E-state index >= 15 is 0 Å². The summed E-state index contributed by atoms with van der Waals surface area (Å²) in [5, 5.41) is 10.3. The molecule has 0 aliphatic carbocycles. The third kappa shape index (κ3) is 7.74. The predicted octanol–water partition coefficient (Wildman–Crippen LogP) is 5.64. The lowest BCUT2D eigenvalue weighted by atomic mass is 10.0. The van der Waals surface area contributed by atoms with Crippen molar-refractivity contribution in [3.8, 4) is 0 Å². The van der Waals surface area contributed by atoms with E-state index in [1.165, 1.54) is 0 Å². The lowest BCUT2D eigenvalue weighted by Crippen LogP contribution is -2.36. The van der Waals surface area contributed by atoms with Gasteiger partial charge in [0, 0.05) is 35.6 Å². The summed E-state index contributed by atoms with van der Waals surface area (Å²) in [7, 11) is 2.08. The van der Waals surface area contributed by atoms with Crippen LogP contribution in [-0.4, -0.2) is 67.0 Å². The molecule has 1 aliphatic rings. The molecule has 0 radical (unpaired) electrons. The molecular formula is C26H36F3N5O2. The molecule has 1 fully saturated rings. The molecule has 1 aliphatic heterocycles. The number of piperidine rings is 1.